The Hall–Kier alpha value is -3.46. The van der Waals surface area contributed by atoms with Crippen LogP contribution in [0.25, 0.3) is 0 Å². The molecule has 162 valence electrons. The number of allylic oxidation sites excluding steroid dienone is 1. The average molecular weight is 467 g/mol. The summed E-state index contributed by atoms with van der Waals surface area (Å²) in [6.45, 7) is 3.68. The Morgan fingerprint density at radius 2 is 1.97 bits per heavy atom. The van der Waals surface area contributed by atoms with Gasteiger partial charge >= 0.3 is 5.97 Å². The first-order valence-corrected chi connectivity index (χ1v) is 10.8. The first-order valence-electron chi connectivity index (χ1n) is 9.46. The van der Waals surface area contributed by atoms with Gasteiger partial charge in [-0.05, 0) is 43.2 Å². The molecule has 0 bridgehead atoms. The van der Waals surface area contributed by atoms with Gasteiger partial charge in [-0.1, -0.05) is 35.5 Å². The van der Waals surface area contributed by atoms with Crippen molar-refractivity contribution in [2.75, 3.05) is 12.9 Å². The van der Waals surface area contributed by atoms with Crippen molar-refractivity contribution >= 4 is 29.3 Å². The summed E-state index contributed by atoms with van der Waals surface area (Å²) in [5.41, 5.74) is 8.99. The summed E-state index contributed by atoms with van der Waals surface area (Å²) >= 11 is 7.25. The summed E-state index contributed by atoms with van der Waals surface area (Å²) in [4.78, 5) is 17.3. The minimum Gasteiger partial charge on any atom is -0.466 e. The smallest absolute Gasteiger partial charge is 0.338 e. The highest BCUT2D eigenvalue weighted by Crippen LogP contribution is 2.41. The summed E-state index contributed by atoms with van der Waals surface area (Å²) < 4.78 is 10.7. The van der Waals surface area contributed by atoms with Crippen LogP contribution in [-0.4, -0.2) is 23.8 Å². The molecule has 1 aromatic heterocycles. The van der Waals surface area contributed by atoms with Gasteiger partial charge in [-0.25, -0.2) is 9.78 Å². The van der Waals surface area contributed by atoms with Crippen LogP contribution in [0.4, 0.5) is 0 Å². The number of halogens is 1. The predicted molar refractivity (Wildman–Crippen MR) is 120 cm³/mol. The van der Waals surface area contributed by atoms with Gasteiger partial charge in [-0.15, -0.1) is 0 Å². The summed E-state index contributed by atoms with van der Waals surface area (Å²) in [6, 6.07) is 12.8. The van der Waals surface area contributed by atoms with Crippen molar-refractivity contribution in [2.45, 2.75) is 24.8 Å². The lowest BCUT2D eigenvalue weighted by Gasteiger charge is -2.28. The second-order valence-electron chi connectivity index (χ2n) is 6.97. The van der Waals surface area contributed by atoms with Gasteiger partial charge in [0.1, 0.15) is 28.5 Å². The first kappa shape index (κ1) is 23.2. The van der Waals surface area contributed by atoms with Crippen LogP contribution in [-0.2, 0) is 14.3 Å². The summed E-state index contributed by atoms with van der Waals surface area (Å²) in [5.74, 6) is -1.13. The molecule has 3 rings (SSSR count). The molecule has 32 heavy (non-hydrogen) atoms. The number of aryl methyl sites for hydroxylation is 2. The van der Waals surface area contributed by atoms with E-state index in [0.717, 1.165) is 11.3 Å². The highest BCUT2D eigenvalue weighted by Gasteiger charge is 2.37. The van der Waals surface area contributed by atoms with Crippen molar-refractivity contribution in [1.82, 2.24) is 4.98 Å². The maximum Gasteiger partial charge on any atom is 0.338 e. The zero-order chi connectivity index (χ0) is 23.4. The topological polar surface area (TPSA) is 122 Å². The second-order valence-corrected chi connectivity index (χ2v) is 8.37. The van der Waals surface area contributed by atoms with Gasteiger partial charge in [0.2, 0.25) is 5.88 Å². The lowest BCUT2D eigenvalue weighted by atomic mass is 9.83. The maximum absolute atomic E-state index is 12.8. The molecule has 1 aliphatic rings. The number of thioether (sulfide) groups is 1. The van der Waals surface area contributed by atoms with Crippen LogP contribution in [0.15, 0.2) is 58.1 Å². The largest absolute Gasteiger partial charge is 0.466 e. The molecule has 0 saturated heterocycles. The number of ether oxygens (including phenoxy) is 2. The zero-order valence-corrected chi connectivity index (χ0v) is 19.2. The van der Waals surface area contributed by atoms with E-state index >= 15 is 0 Å². The van der Waals surface area contributed by atoms with Crippen LogP contribution in [0.2, 0.25) is 5.02 Å². The van der Waals surface area contributed by atoms with E-state index in [1.165, 1.54) is 18.9 Å². The summed E-state index contributed by atoms with van der Waals surface area (Å²) in [6.07, 6.45) is 0. The molecule has 0 aliphatic carbocycles. The number of pyridine rings is 1. The molecule has 1 aliphatic heterocycles. The number of nitrogens with two attached hydrogens (primary N) is 1. The molecule has 0 unspecified atom stereocenters. The number of esters is 1. The quantitative estimate of drug-likeness (QED) is 0.512. The lowest BCUT2D eigenvalue weighted by molar-refractivity contribution is -0.136. The van der Waals surface area contributed by atoms with Crippen molar-refractivity contribution < 1.29 is 14.3 Å². The van der Waals surface area contributed by atoms with Crippen LogP contribution < -0.4 is 5.73 Å². The van der Waals surface area contributed by atoms with Gasteiger partial charge in [0.25, 0.3) is 0 Å². The number of nitrogens with zero attached hydrogens (tertiary/aromatic N) is 3. The van der Waals surface area contributed by atoms with Gasteiger partial charge in [0.15, 0.2) is 0 Å². The monoisotopic (exact) mass is 466 g/mol. The van der Waals surface area contributed by atoms with Crippen LogP contribution >= 0.6 is 23.4 Å². The third-order valence-electron chi connectivity index (χ3n) is 4.87. The Balaban J connectivity index is 2.10. The van der Waals surface area contributed by atoms with E-state index < -0.39 is 11.9 Å². The molecule has 2 aromatic rings. The van der Waals surface area contributed by atoms with Crippen LogP contribution in [0.1, 0.15) is 28.3 Å². The third kappa shape index (κ3) is 4.57. The molecule has 1 aromatic carbocycles. The minimum atomic E-state index is -0.781. The fourth-order valence-electron chi connectivity index (χ4n) is 3.42. The number of nitriles is 2. The summed E-state index contributed by atoms with van der Waals surface area (Å²) in [5, 5.41) is 20.3. The maximum atomic E-state index is 12.8. The number of carbonyl (C=O) groups excluding carboxylic acids is 1. The Morgan fingerprint density at radius 1 is 1.28 bits per heavy atom. The van der Waals surface area contributed by atoms with Gasteiger partial charge < -0.3 is 15.2 Å². The van der Waals surface area contributed by atoms with Crippen molar-refractivity contribution in [3.63, 3.8) is 0 Å². The van der Waals surface area contributed by atoms with Crippen LogP contribution in [0.5, 0.6) is 0 Å². The van der Waals surface area contributed by atoms with E-state index in [-0.39, 0.29) is 28.5 Å². The molecule has 1 atom stereocenters. The standard InChI is InChI=1S/C23H19ClN4O3S/c1-12-8-13(2)28-22(16(12)9-25)32-11-18-20(23(29)30-3)19(17(10-26)21(27)31-18)14-4-6-15(24)7-5-14/h4-8,19H,11,27H2,1-3H3/t19-/m0/s1. The molecule has 0 saturated carbocycles. The fraction of sp³-hybridized carbons (Fsp3) is 0.217. The number of carbonyl (C=O) groups is 1. The molecule has 0 spiro atoms. The molecular weight excluding hydrogens is 448 g/mol. The van der Waals surface area contributed by atoms with Crippen molar-refractivity contribution in [2.24, 2.45) is 5.73 Å². The van der Waals surface area contributed by atoms with Crippen LogP contribution in [0, 0.1) is 36.5 Å². The highest BCUT2D eigenvalue weighted by atomic mass is 35.5. The Labute approximate surface area is 195 Å². The Kier molecular flexibility index (Phi) is 7.09. The molecule has 0 radical (unpaired) electrons. The zero-order valence-electron chi connectivity index (χ0n) is 17.6. The number of rotatable bonds is 5. The fourth-order valence-corrected chi connectivity index (χ4v) is 4.59. The molecule has 0 amide bonds. The van der Waals surface area contributed by atoms with Gasteiger partial charge in [0, 0.05) is 10.7 Å². The van der Waals surface area contributed by atoms with E-state index in [1.54, 1.807) is 24.3 Å². The third-order valence-corrected chi connectivity index (χ3v) is 6.10. The molecule has 2 heterocycles. The highest BCUT2D eigenvalue weighted by molar-refractivity contribution is 7.99. The van der Waals surface area contributed by atoms with E-state index in [4.69, 9.17) is 26.8 Å². The number of hydrogen-bond donors (Lipinski definition) is 1. The van der Waals surface area contributed by atoms with E-state index in [0.29, 0.717) is 21.2 Å². The molecule has 7 nitrogen and oxygen atoms in total. The van der Waals surface area contributed by atoms with Crippen molar-refractivity contribution in [3.8, 4) is 12.1 Å². The van der Waals surface area contributed by atoms with Crippen molar-refractivity contribution in [1.29, 1.82) is 10.5 Å². The van der Waals surface area contributed by atoms with Gasteiger partial charge in [0.05, 0.1) is 29.9 Å². The number of benzene rings is 1. The average Bonchev–Trinajstić information content (AvgIpc) is 2.77. The SMILES string of the molecule is COC(=O)C1=C(CSc2nc(C)cc(C)c2C#N)OC(N)=C(C#N)[C@@H]1c1ccc(Cl)cc1. The minimum absolute atomic E-state index is 0.0930. The second kappa shape index (κ2) is 9.78. The van der Waals surface area contributed by atoms with E-state index in [1.807, 2.05) is 26.0 Å². The van der Waals surface area contributed by atoms with E-state index in [2.05, 4.69) is 11.1 Å². The predicted octanol–water partition coefficient (Wildman–Crippen LogP) is 4.25. The van der Waals surface area contributed by atoms with Gasteiger partial charge in [-0.2, -0.15) is 10.5 Å². The number of hydrogen-bond acceptors (Lipinski definition) is 8. The van der Waals surface area contributed by atoms with Gasteiger partial charge in [-0.3, -0.25) is 0 Å². The molecule has 0 fully saturated rings. The van der Waals surface area contributed by atoms with E-state index in [9.17, 15) is 15.3 Å². The van der Waals surface area contributed by atoms with Crippen molar-refractivity contribution in [3.05, 3.63) is 80.5 Å². The number of aromatic nitrogens is 1. The Bertz CT molecular complexity index is 1220. The normalized spacial score (nSPS) is 15.6. The molecule has 9 heteroatoms. The lowest BCUT2D eigenvalue weighted by Crippen LogP contribution is -2.26. The Morgan fingerprint density at radius 3 is 2.56 bits per heavy atom. The molecule has 2 N–H and O–H groups in total. The first-order chi connectivity index (χ1) is 15.3. The van der Waals surface area contributed by atoms with Crippen LogP contribution in [0.3, 0.4) is 0 Å². The number of methoxy groups -OCH3 is 1. The molecular formula is C23H19ClN4O3S. The summed E-state index contributed by atoms with van der Waals surface area (Å²) in [7, 11) is 1.26.